The summed E-state index contributed by atoms with van der Waals surface area (Å²) in [7, 11) is 0. The van der Waals surface area contributed by atoms with Crippen molar-refractivity contribution in [2.75, 3.05) is 4.90 Å². The average molecular weight is 269 g/mol. The van der Waals surface area contributed by atoms with E-state index in [1.165, 1.54) is 0 Å². The van der Waals surface area contributed by atoms with E-state index in [4.69, 9.17) is 0 Å². The van der Waals surface area contributed by atoms with Crippen molar-refractivity contribution in [2.24, 2.45) is 0 Å². The summed E-state index contributed by atoms with van der Waals surface area (Å²) in [6, 6.07) is 3.72. The van der Waals surface area contributed by atoms with E-state index in [1.807, 2.05) is 4.90 Å². The van der Waals surface area contributed by atoms with E-state index in [2.05, 4.69) is 19.9 Å². The van der Waals surface area contributed by atoms with Gasteiger partial charge in [0, 0.05) is 43.7 Å². The zero-order valence-corrected chi connectivity index (χ0v) is 11.0. The minimum absolute atomic E-state index is 0.164. The molecule has 3 rings (SSSR count). The zero-order chi connectivity index (χ0) is 13.8. The van der Waals surface area contributed by atoms with Gasteiger partial charge in [0.1, 0.15) is 5.78 Å². The van der Waals surface area contributed by atoms with Crippen LogP contribution >= 0.6 is 0 Å². The van der Waals surface area contributed by atoms with Crippen LogP contribution in [-0.2, 0) is 4.79 Å². The molecule has 102 valence electrons. The second-order valence-electron chi connectivity index (χ2n) is 4.74. The molecule has 0 aromatic carbocycles. The van der Waals surface area contributed by atoms with Gasteiger partial charge in [0.25, 0.3) is 0 Å². The van der Waals surface area contributed by atoms with Crippen molar-refractivity contribution >= 4 is 17.7 Å². The van der Waals surface area contributed by atoms with E-state index in [0.29, 0.717) is 30.5 Å². The maximum atomic E-state index is 11.4. The maximum absolute atomic E-state index is 11.4. The van der Waals surface area contributed by atoms with Crippen molar-refractivity contribution in [1.29, 1.82) is 0 Å². The van der Waals surface area contributed by atoms with Crippen LogP contribution in [0.25, 0.3) is 0 Å². The molecular weight excluding hydrogens is 254 g/mol. The Morgan fingerprint density at radius 1 is 0.850 bits per heavy atom. The van der Waals surface area contributed by atoms with Gasteiger partial charge in [-0.25, -0.2) is 19.9 Å². The summed E-state index contributed by atoms with van der Waals surface area (Å²) in [5.74, 6) is 1.49. The predicted octanol–water partition coefficient (Wildman–Crippen LogP) is 1.92. The molecule has 2 aromatic heterocycles. The number of rotatable bonds is 3. The molecule has 1 saturated carbocycles. The molecule has 0 unspecified atom stereocenters. The fourth-order valence-corrected chi connectivity index (χ4v) is 2.43. The lowest BCUT2D eigenvalue weighted by atomic mass is 9.93. The van der Waals surface area contributed by atoms with Crippen molar-refractivity contribution in [1.82, 2.24) is 19.9 Å². The third kappa shape index (κ3) is 2.64. The van der Waals surface area contributed by atoms with Crippen LogP contribution in [0.3, 0.4) is 0 Å². The van der Waals surface area contributed by atoms with Gasteiger partial charge in [0.05, 0.1) is 0 Å². The number of nitrogens with zero attached hydrogens (tertiary/aromatic N) is 5. The van der Waals surface area contributed by atoms with Crippen molar-refractivity contribution in [3.8, 4) is 0 Å². The van der Waals surface area contributed by atoms with Crippen LogP contribution < -0.4 is 4.90 Å². The van der Waals surface area contributed by atoms with Crippen LogP contribution in [0.15, 0.2) is 36.9 Å². The molecule has 6 nitrogen and oxygen atoms in total. The van der Waals surface area contributed by atoms with Crippen molar-refractivity contribution in [2.45, 2.75) is 31.7 Å². The Hall–Kier alpha value is -2.37. The molecule has 0 saturated heterocycles. The fourth-order valence-electron chi connectivity index (χ4n) is 2.43. The van der Waals surface area contributed by atoms with Crippen molar-refractivity contribution in [3.05, 3.63) is 36.9 Å². The molecule has 0 radical (unpaired) electrons. The van der Waals surface area contributed by atoms with E-state index < -0.39 is 0 Å². The van der Waals surface area contributed by atoms with Gasteiger partial charge in [-0.15, -0.1) is 0 Å². The minimum Gasteiger partial charge on any atom is -0.300 e. The van der Waals surface area contributed by atoms with Gasteiger partial charge in [0.15, 0.2) is 0 Å². The normalized spacial score (nSPS) is 16.1. The molecule has 0 atom stereocenters. The van der Waals surface area contributed by atoms with Gasteiger partial charge in [-0.05, 0) is 25.0 Å². The van der Waals surface area contributed by atoms with Gasteiger partial charge >= 0.3 is 0 Å². The van der Waals surface area contributed by atoms with Crippen molar-refractivity contribution in [3.63, 3.8) is 0 Å². The minimum atomic E-state index is 0.164. The molecular formula is C14H15N5O. The van der Waals surface area contributed by atoms with Crippen LogP contribution in [0.2, 0.25) is 0 Å². The number of carbonyl (C=O) groups is 1. The predicted molar refractivity (Wildman–Crippen MR) is 73.5 cm³/mol. The largest absolute Gasteiger partial charge is 0.300 e. The van der Waals surface area contributed by atoms with Crippen LogP contribution in [-0.4, -0.2) is 31.8 Å². The van der Waals surface area contributed by atoms with Crippen LogP contribution in [0.1, 0.15) is 25.7 Å². The Bertz CT molecular complexity index is 525. The smallest absolute Gasteiger partial charge is 0.232 e. The molecule has 0 aliphatic heterocycles. The first-order valence-corrected chi connectivity index (χ1v) is 6.69. The molecule has 0 bridgehead atoms. The monoisotopic (exact) mass is 269 g/mol. The number of aromatic nitrogens is 4. The summed E-state index contributed by atoms with van der Waals surface area (Å²) in [6.07, 6.45) is 9.57. The van der Waals surface area contributed by atoms with Gasteiger partial charge < -0.3 is 0 Å². The average Bonchev–Trinajstić information content (AvgIpc) is 2.52. The SMILES string of the molecule is O=C1CCC(N(c2ncccn2)c2ncccn2)CC1. The highest BCUT2D eigenvalue weighted by Gasteiger charge is 2.28. The van der Waals surface area contributed by atoms with Gasteiger partial charge in [-0.3, -0.25) is 9.69 Å². The van der Waals surface area contributed by atoms with E-state index >= 15 is 0 Å². The lowest BCUT2D eigenvalue weighted by Gasteiger charge is -2.32. The Labute approximate surface area is 116 Å². The Balaban J connectivity index is 1.94. The van der Waals surface area contributed by atoms with E-state index in [-0.39, 0.29) is 6.04 Å². The number of carbonyl (C=O) groups excluding carboxylic acids is 1. The van der Waals surface area contributed by atoms with Crippen LogP contribution in [0, 0.1) is 0 Å². The van der Waals surface area contributed by atoms with Crippen LogP contribution in [0.4, 0.5) is 11.9 Å². The highest BCUT2D eigenvalue weighted by Crippen LogP contribution is 2.28. The summed E-state index contributed by atoms with van der Waals surface area (Å²) < 4.78 is 0. The number of Topliss-reactive ketones (excluding diaryl/α,β-unsaturated/α-hetero) is 1. The lowest BCUT2D eigenvalue weighted by Crippen LogP contribution is -2.37. The van der Waals surface area contributed by atoms with Crippen molar-refractivity contribution < 1.29 is 4.79 Å². The Morgan fingerprint density at radius 2 is 1.30 bits per heavy atom. The molecule has 1 aliphatic carbocycles. The first kappa shape index (κ1) is 12.7. The quantitative estimate of drug-likeness (QED) is 0.847. The molecule has 20 heavy (non-hydrogen) atoms. The second-order valence-corrected chi connectivity index (χ2v) is 4.74. The first-order chi connectivity index (χ1) is 9.84. The number of hydrogen-bond acceptors (Lipinski definition) is 6. The van der Waals surface area contributed by atoms with Crippen LogP contribution in [0.5, 0.6) is 0 Å². The van der Waals surface area contributed by atoms with E-state index in [1.54, 1.807) is 36.9 Å². The number of anilines is 2. The Morgan fingerprint density at radius 3 is 1.75 bits per heavy atom. The molecule has 0 spiro atoms. The summed E-state index contributed by atoms with van der Waals surface area (Å²) >= 11 is 0. The number of hydrogen-bond donors (Lipinski definition) is 0. The standard InChI is InChI=1S/C14H15N5O/c20-12-5-3-11(4-6-12)19(13-15-7-1-8-16-13)14-17-9-2-10-18-14/h1-2,7-11H,3-6H2. The molecule has 2 heterocycles. The number of ketones is 1. The summed E-state index contributed by atoms with van der Waals surface area (Å²) in [4.78, 5) is 30.6. The highest BCUT2D eigenvalue weighted by molar-refractivity contribution is 5.79. The topological polar surface area (TPSA) is 71.9 Å². The lowest BCUT2D eigenvalue weighted by molar-refractivity contribution is -0.120. The summed E-state index contributed by atoms with van der Waals surface area (Å²) in [5, 5.41) is 0. The highest BCUT2D eigenvalue weighted by atomic mass is 16.1. The second kappa shape index (κ2) is 5.73. The van der Waals surface area contributed by atoms with Gasteiger partial charge in [-0.2, -0.15) is 0 Å². The molecule has 0 amide bonds. The third-order valence-electron chi connectivity index (χ3n) is 3.41. The Kier molecular flexibility index (Phi) is 3.62. The third-order valence-corrected chi connectivity index (χ3v) is 3.41. The molecule has 6 heteroatoms. The first-order valence-electron chi connectivity index (χ1n) is 6.69. The van der Waals surface area contributed by atoms with Gasteiger partial charge in [-0.1, -0.05) is 0 Å². The van der Waals surface area contributed by atoms with Gasteiger partial charge in [0.2, 0.25) is 11.9 Å². The summed E-state index contributed by atoms with van der Waals surface area (Å²) in [6.45, 7) is 0. The molecule has 1 fully saturated rings. The summed E-state index contributed by atoms with van der Waals surface area (Å²) in [5.41, 5.74) is 0. The fraction of sp³-hybridized carbons (Fsp3) is 0.357. The molecule has 1 aliphatic rings. The molecule has 2 aromatic rings. The van der Waals surface area contributed by atoms with E-state index in [9.17, 15) is 4.79 Å². The molecule has 0 N–H and O–H groups in total. The maximum Gasteiger partial charge on any atom is 0.232 e. The van der Waals surface area contributed by atoms with E-state index in [0.717, 1.165) is 12.8 Å². The zero-order valence-electron chi connectivity index (χ0n) is 11.0.